The van der Waals surface area contributed by atoms with Crippen molar-refractivity contribution >= 4 is 10.0 Å². The van der Waals surface area contributed by atoms with Crippen LogP contribution in [0.15, 0.2) is 52.3 Å². The zero-order valence-corrected chi connectivity index (χ0v) is 14.6. The first kappa shape index (κ1) is 16.6. The number of rotatable bonds is 5. The number of aromatic nitrogens is 4. The lowest BCUT2D eigenvalue weighted by atomic mass is 10.0. The average molecular weight is 373 g/mol. The first-order valence-electron chi connectivity index (χ1n) is 7.82. The summed E-state index contributed by atoms with van der Waals surface area (Å²) in [7, 11) is -2.02. The molecule has 3 heterocycles. The molecule has 1 aliphatic rings. The lowest BCUT2D eigenvalue weighted by molar-refractivity contribution is 0.217. The molecular formula is C16H15N5O4S. The van der Waals surface area contributed by atoms with Crippen LogP contribution in [0.25, 0.3) is 11.5 Å². The van der Waals surface area contributed by atoms with Gasteiger partial charge in [-0.3, -0.25) is 4.98 Å². The van der Waals surface area contributed by atoms with E-state index < -0.39 is 10.0 Å². The summed E-state index contributed by atoms with van der Waals surface area (Å²) in [4.78, 5) is 12.6. The minimum atomic E-state index is -3.55. The Hall–Kier alpha value is -2.85. The van der Waals surface area contributed by atoms with Crippen molar-refractivity contribution in [3.8, 4) is 17.3 Å². The summed E-state index contributed by atoms with van der Waals surface area (Å²) in [5.74, 6) is 1.20. The van der Waals surface area contributed by atoms with Crippen molar-refractivity contribution in [3.05, 3.63) is 48.7 Å². The van der Waals surface area contributed by atoms with E-state index in [2.05, 4.69) is 20.1 Å². The minimum absolute atomic E-state index is 0.138. The van der Waals surface area contributed by atoms with E-state index in [-0.39, 0.29) is 23.9 Å². The molecule has 9 nitrogen and oxygen atoms in total. The first-order valence-corrected chi connectivity index (χ1v) is 9.26. The fraction of sp³-hybridized carbons (Fsp3) is 0.250. The highest BCUT2D eigenvalue weighted by atomic mass is 32.2. The maximum atomic E-state index is 12.6. The third-order valence-corrected chi connectivity index (χ3v) is 5.97. The summed E-state index contributed by atoms with van der Waals surface area (Å²) in [5.41, 5.74) is 0.504. The fourth-order valence-electron chi connectivity index (χ4n) is 2.61. The Balaban J connectivity index is 1.46. The molecule has 0 N–H and O–H groups in total. The molecule has 4 rings (SSSR count). The van der Waals surface area contributed by atoms with Crippen LogP contribution in [-0.2, 0) is 10.0 Å². The molecule has 0 unspecified atom stereocenters. The Bertz CT molecular complexity index is 999. The second kappa shape index (κ2) is 6.46. The van der Waals surface area contributed by atoms with Crippen LogP contribution >= 0.6 is 0 Å². The first-order chi connectivity index (χ1) is 12.6. The molecule has 0 spiro atoms. The van der Waals surface area contributed by atoms with Gasteiger partial charge in [0, 0.05) is 25.5 Å². The van der Waals surface area contributed by atoms with Gasteiger partial charge in [-0.2, -0.15) is 9.29 Å². The van der Waals surface area contributed by atoms with Gasteiger partial charge in [0.2, 0.25) is 21.7 Å². The average Bonchev–Trinajstić information content (AvgIpc) is 3.10. The number of methoxy groups -OCH3 is 1. The zero-order valence-electron chi connectivity index (χ0n) is 13.8. The van der Waals surface area contributed by atoms with Crippen molar-refractivity contribution in [2.75, 3.05) is 20.2 Å². The fourth-order valence-corrected chi connectivity index (χ4v) is 4.14. The third-order valence-electron chi connectivity index (χ3n) is 4.13. The molecule has 134 valence electrons. The normalized spacial score (nSPS) is 15.6. The van der Waals surface area contributed by atoms with Gasteiger partial charge in [-0.05, 0) is 24.3 Å². The van der Waals surface area contributed by atoms with Gasteiger partial charge in [-0.25, -0.2) is 13.4 Å². The maximum Gasteiger partial charge on any atom is 0.243 e. The monoisotopic (exact) mass is 373 g/mol. The summed E-state index contributed by atoms with van der Waals surface area (Å²) < 4.78 is 36.9. The molecule has 26 heavy (non-hydrogen) atoms. The molecule has 0 saturated carbocycles. The van der Waals surface area contributed by atoms with Crippen molar-refractivity contribution in [1.82, 2.24) is 24.4 Å². The predicted molar refractivity (Wildman–Crippen MR) is 89.8 cm³/mol. The van der Waals surface area contributed by atoms with Crippen LogP contribution in [0.5, 0.6) is 5.75 Å². The molecule has 1 fully saturated rings. The molecule has 1 aliphatic heterocycles. The SMILES string of the molecule is COc1ccc(S(=O)(=O)N2CC(c3nc(-c4cnccn4)no3)C2)cc1. The molecule has 0 amide bonds. The molecule has 0 bridgehead atoms. The summed E-state index contributed by atoms with van der Waals surface area (Å²) in [6, 6.07) is 6.30. The second-order valence-electron chi connectivity index (χ2n) is 5.74. The molecule has 10 heteroatoms. The van der Waals surface area contributed by atoms with Crippen LogP contribution in [0.3, 0.4) is 0 Å². The maximum absolute atomic E-state index is 12.6. The third kappa shape index (κ3) is 2.93. The minimum Gasteiger partial charge on any atom is -0.497 e. The van der Waals surface area contributed by atoms with Crippen LogP contribution < -0.4 is 4.74 Å². The van der Waals surface area contributed by atoms with E-state index in [0.717, 1.165) is 0 Å². The van der Waals surface area contributed by atoms with Gasteiger partial charge < -0.3 is 9.26 Å². The molecule has 3 aromatic rings. The van der Waals surface area contributed by atoms with Gasteiger partial charge >= 0.3 is 0 Å². The standard InChI is InChI=1S/C16H15N5O4S/c1-24-12-2-4-13(5-3-12)26(22,23)21-9-11(10-21)16-19-15(20-25-16)14-8-17-6-7-18-14/h2-8,11H,9-10H2,1H3. The lowest BCUT2D eigenvalue weighted by Crippen LogP contribution is -2.48. The van der Waals surface area contributed by atoms with Crippen LogP contribution in [0.1, 0.15) is 11.8 Å². The summed E-state index contributed by atoms with van der Waals surface area (Å²) in [6.07, 6.45) is 4.63. The van der Waals surface area contributed by atoms with Gasteiger partial charge in [0.1, 0.15) is 11.4 Å². The largest absolute Gasteiger partial charge is 0.497 e. The lowest BCUT2D eigenvalue weighted by Gasteiger charge is -2.35. The Morgan fingerprint density at radius 1 is 1.19 bits per heavy atom. The van der Waals surface area contributed by atoms with E-state index in [1.807, 2.05) is 0 Å². The molecule has 0 radical (unpaired) electrons. The van der Waals surface area contributed by atoms with E-state index in [9.17, 15) is 8.42 Å². The van der Waals surface area contributed by atoms with Crippen LogP contribution in [0, 0.1) is 0 Å². The number of benzene rings is 1. The van der Waals surface area contributed by atoms with Gasteiger partial charge in [0.05, 0.1) is 24.1 Å². The highest BCUT2D eigenvalue weighted by molar-refractivity contribution is 7.89. The molecule has 1 saturated heterocycles. The summed E-state index contributed by atoms with van der Waals surface area (Å²) in [5, 5.41) is 3.88. The number of ether oxygens (including phenoxy) is 1. The van der Waals surface area contributed by atoms with E-state index in [0.29, 0.717) is 23.2 Å². The van der Waals surface area contributed by atoms with Crippen LogP contribution in [0.2, 0.25) is 0 Å². The van der Waals surface area contributed by atoms with E-state index in [1.54, 1.807) is 18.3 Å². The molecular weight excluding hydrogens is 358 g/mol. The summed E-state index contributed by atoms with van der Waals surface area (Å²) >= 11 is 0. The smallest absolute Gasteiger partial charge is 0.243 e. The van der Waals surface area contributed by atoms with Gasteiger partial charge in [-0.1, -0.05) is 5.16 Å². The molecule has 0 aliphatic carbocycles. The number of nitrogens with zero attached hydrogens (tertiary/aromatic N) is 5. The number of sulfonamides is 1. The van der Waals surface area contributed by atoms with Crippen molar-refractivity contribution in [3.63, 3.8) is 0 Å². The van der Waals surface area contributed by atoms with E-state index >= 15 is 0 Å². The zero-order chi connectivity index (χ0) is 18.1. The van der Waals surface area contributed by atoms with Crippen LogP contribution in [-0.4, -0.2) is 53.0 Å². The van der Waals surface area contributed by atoms with Crippen LogP contribution in [0.4, 0.5) is 0 Å². The van der Waals surface area contributed by atoms with Gasteiger partial charge in [0.15, 0.2) is 0 Å². The topological polar surface area (TPSA) is 111 Å². The Morgan fingerprint density at radius 3 is 2.62 bits per heavy atom. The number of hydrogen-bond donors (Lipinski definition) is 0. The second-order valence-corrected chi connectivity index (χ2v) is 7.68. The van der Waals surface area contributed by atoms with E-state index in [4.69, 9.17) is 9.26 Å². The van der Waals surface area contributed by atoms with Crippen molar-refractivity contribution in [1.29, 1.82) is 0 Å². The quantitative estimate of drug-likeness (QED) is 0.658. The molecule has 2 aromatic heterocycles. The molecule has 0 atom stereocenters. The Morgan fingerprint density at radius 2 is 1.96 bits per heavy atom. The highest BCUT2D eigenvalue weighted by Crippen LogP contribution is 2.32. The molecule has 1 aromatic carbocycles. The Kier molecular flexibility index (Phi) is 4.13. The van der Waals surface area contributed by atoms with Crippen molar-refractivity contribution in [2.45, 2.75) is 10.8 Å². The predicted octanol–water partition coefficient (Wildman–Crippen LogP) is 1.32. The van der Waals surface area contributed by atoms with Crippen molar-refractivity contribution < 1.29 is 17.7 Å². The Labute approximate surface area is 149 Å². The van der Waals surface area contributed by atoms with E-state index in [1.165, 1.54) is 35.9 Å². The van der Waals surface area contributed by atoms with Gasteiger partial charge in [-0.15, -0.1) is 0 Å². The number of hydrogen-bond acceptors (Lipinski definition) is 8. The highest BCUT2D eigenvalue weighted by Gasteiger charge is 2.40. The van der Waals surface area contributed by atoms with Gasteiger partial charge in [0.25, 0.3) is 0 Å². The summed E-state index contributed by atoms with van der Waals surface area (Å²) in [6.45, 7) is 0.576. The van der Waals surface area contributed by atoms with Crippen molar-refractivity contribution in [2.24, 2.45) is 0 Å².